The van der Waals surface area contributed by atoms with Gasteiger partial charge in [0.2, 0.25) is 0 Å². The van der Waals surface area contributed by atoms with Gasteiger partial charge in [-0.15, -0.1) is 19.7 Å². The third-order valence-corrected chi connectivity index (χ3v) is 6.84. The molecule has 1 aliphatic heterocycles. The SMILES string of the molecule is C=C.C=CCC.CN=C(C)/C(=C(\C)c1cnc(Nc2cnc(N3CCNC3)cn2)cc1NC)C1CCCC1. The van der Waals surface area contributed by atoms with Gasteiger partial charge in [0.15, 0.2) is 0 Å². The van der Waals surface area contributed by atoms with Crippen LogP contribution in [0.1, 0.15) is 58.4 Å². The molecule has 2 fully saturated rings. The lowest BCUT2D eigenvalue weighted by atomic mass is 9.87. The molecule has 1 saturated carbocycles. The first-order valence-corrected chi connectivity index (χ1v) is 13.5. The largest absolute Gasteiger partial charge is 0.387 e. The summed E-state index contributed by atoms with van der Waals surface area (Å²) in [5, 5.41) is 9.93. The number of anilines is 4. The van der Waals surface area contributed by atoms with Crippen LogP contribution in [0.4, 0.5) is 23.1 Å². The smallest absolute Gasteiger partial charge is 0.150 e. The highest BCUT2D eigenvalue weighted by Crippen LogP contribution is 2.38. The van der Waals surface area contributed by atoms with E-state index in [0.717, 1.165) is 54.8 Å². The maximum Gasteiger partial charge on any atom is 0.150 e. The van der Waals surface area contributed by atoms with Gasteiger partial charge in [0, 0.05) is 56.4 Å². The first-order valence-electron chi connectivity index (χ1n) is 13.5. The molecule has 206 valence electrons. The predicted octanol–water partition coefficient (Wildman–Crippen LogP) is 6.46. The normalized spacial score (nSPS) is 16.0. The standard InChI is InChI=1S/C24H34N8.C4H8.C2H4/c1-16(24(17(2)25-3)18-7-5-6-8-18)19-12-28-21(11-20(19)26-4)31-22-13-30-23(14-29-22)32-10-9-27-15-32;1-3-4-2;1-2/h11-14,18,27H,5-10,15H2,1-4H3,(H2,26,28,29,31);3H,1,4H2,2H3;1-2H2/b24-16-,25-17?;;. The van der Waals surface area contributed by atoms with Crippen molar-refractivity contribution in [2.45, 2.75) is 52.9 Å². The van der Waals surface area contributed by atoms with Gasteiger partial charge in [-0.05, 0) is 50.2 Å². The van der Waals surface area contributed by atoms with E-state index in [1.54, 1.807) is 12.4 Å². The fraction of sp³-hybridized carbons (Fsp3) is 0.467. The molecular weight excluding hydrogens is 472 g/mol. The Labute approximate surface area is 229 Å². The number of allylic oxidation sites excluding steroid dienone is 3. The van der Waals surface area contributed by atoms with Crippen molar-refractivity contribution >= 4 is 34.4 Å². The van der Waals surface area contributed by atoms with E-state index in [9.17, 15) is 0 Å². The van der Waals surface area contributed by atoms with Crippen LogP contribution in [0, 0.1) is 5.92 Å². The van der Waals surface area contributed by atoms with E-state index in [4.69, 9.17) is 0 Å². The van der Waals surface area contributed by atoms with Crippen molar-refractivity contribution in [3.63, 3.8) is 0 Å². The molecule has 0 aromatic carbocycles. The van der Waals surface area contributed by atoms with Gasteiger partial charge in [-0.25, -0.2) is 15.0 Å². The molecule has 2 aromatic heterocycles. The maximum atomic E-state index is 4.68. The van der Waals surface area contributed by atoms with Gasteiger partial charge in [0.25, 0.3) is 0 Å². The topological polar surface area (TPSA) is 90.4 Å². The zero-order valence-corrected chi connectivity index (χ0v) is 24.0. The fourth-order valence-corrected chi connectivity index (χ4v) is 4.77. The molecule has 0 spiro atoms. The first kappa shape index (κ1) is 30.7. The molecule has 8 heteroatoms. The number of aliphatic imine (C=N–C) groups is 1. The lowest BCUT2D eigenvalue weighted by Crippen LogP contribution is -2.22. The predicted molar refractivity (Wildman–Crippen MR) is 165 cm³/mol. The van der Waals surface area contributed by atoms with Crippen LogP contribution in [0.15, 0.2) is 61.0 Å². The molecule has 2 aromatic rings. The Kier molecular flexibility index (Phi) is 13.2. The maximum absolute atomic E-state index is 4.68. The minimum atomic E-state index is 0.584. The van der Waals surface area contributed by atoms with Crippen molar-refractivity contribution in [3.8, 4) is 0 Å². The number of nitrogens with zero attached hydrogens (tertiary/aromatic N) is 5. The third kappa shape index (κ3) is 8.25. The molecule has 0 radical (unpaired) electrons. The lowest BCUT2D eigenvalue weighted by molar-refractivity contribution is 0.666. The Bertz CT molecular complexity index is 1060. The zero-order chi connectivity index (χ0) is 27.9. The molecule has 0 bridgehead atoms. The summed E-state index contributed by atoms with van der Waals surface area (Å²) in [6.45, 7) is 18.6. The summed E-state index contributed by atoms with van der Waals surface area (Å²) >= 11 is 0. The van der Waals surface area contributed by atoms with Crippen LogP contribution < -0.4 is 20.9 Å². The molecule has 8 nitrogen and oxygen atoms in total. The minimum Gasteiger partial charge on any atom is -0.387 e. The Morgan fingerprint density at radius 3 is 2.34 bits per heavy atom. The van der Waals surface area contributed by atoms with Crippen molar-refractivity contribution in [1.29, 1.82) is 0 Å². The van der Waals surface area contributed by atoms with Gasteiger partial charge < -0.3 is 15.5 Å². The van der Waals surface area contributed by atoms with Gasteiger partial charge in [-0.1, -0.05) is 25.8 Å². The lowest BCUT2D eigenvalue weighted by Gasteiger charge is -2.20. The van der Waals surface area contributed by atoms with E-state index in [1.165, 1.54) is 36.8 Å². The highest BCUT2D eigenvalue weighted by atomic mass is 15.3. The highest BCUT2D eigenvalue weighted by Gasteiger charge is 2.24. The molecule has 0 atom stereocenters. The van der Waals surface area contributed by atoms with Crippen LogP contribution in [-0.4, -0.2) is 54.5 Å². The Balaban J connectivity index is 0.000000773. The van der Waals surface area contributed by atoms with E-state index in [-0.39, 0.29) is 0 Å². The molecule has 3 N–H and O–H groups in total. The van der Waals surface area contributed by atoms with Gasteiger partial charge in [-0.3, -0.25) is 10.3 Å². The second-order valence-corrected chi connectivity index (χ2v) is 9.20. The average molecular weight is 519 g/mol. The number of nitrogens with one attached hydrogen (secondary N) is 3. The molecule has 1 saturated heterocycles. The van der Waals surface area contributed by atoms with Crippen molar-refractivity contribution in [2.24, 2.45) is 10.9 Å². The van der Waals surface area contributed by atoms with Crippen molar-refractivity contribution < 1.29 is 0 Å². The van der Waals surface area contributed by atoms with Crippen molar-refractivity contribution in [3.05, 3.63) is 61.6 Å². The quantitative estimate of drug-likeness (QED) is 0.273. The monoisotopic (exact) mass is 518 g/mol. The molecular formula is C30H46N8. The zero-order valence-electron chi connectivity index (χ0n) is 24.0. The molecule has 1 aliphatic carbocycles. The summed E-state index contributed by atoms with van der Waals surface area (Å²) in [5.41, 5.74) is 5.91. The molecule has 38 heavy (non-hydrogen) atoms. The summed E-state index contributed by atoms with van der Waals surface area (Å²) in [4.78, 5) is 20.4. The Hall–Kier alpha value is -3.52. The molecule has 3 heterocycles. The number of hydrogen-bond donors (Lipinski definition) is 3. The number of pyridine rings is 1. The van der Waals surface area contributed by atoms with E-state index >= 15 is 0 Å². The van der Waals surface area contributed by atoms with E-state index in [2.05, 4.69) is 81.3 Å². The van der Waals surface area contributed by atoms with E-state index < -0.39 is 0 Å². The summed E-state index contributed by atoms with van der Waals surface area (Å²) in [7, 11) is 3.83. The van der Waals surface area contributed by atoms with Crippen LogP contribution in [0.2, 0.25) is 0 Å². The molecule has 4 rings (SSSR count). The summed E-state index contributed by atoms with van der Waals surface area (Å²) in [6.07, 6.45) is 13.5. The van der Waals surface area contributed by atoms with Gasteiger partial charge >= 0.3 is 0 Å². The first-order chi connectivity index (χ1) is 18.5. The number of rotatable bonds is 8. The summed E-state index contributed by atoms with van der Waals surface area (Å²) in [6, 6.07) is 2.03. The van der Waals surface area contributed by atoms with E-state index in [0.29, 0.717) is 11.7 Å². The van der Waals surface area contributed by atoms with Crippen molar-refractivity contribution in [2.75, 3.05) is 49.4 Å². The third-order valence-electron chi connectivity index (χ3n) is 6.84. The van der Waals surface area contributed by atoms with Crippen LogP contribution in [0.25, 0.3) is 5.57 Å². The summed E-state index contributed by atoms with van der Waals surface area (Å²) in [5.74, 6) is 2.88. The van der Waals surface area contributed by atoms with Crippen LogP contribution in [0.5, 0.6) is 0 Å². The van der Waals surface area contributed by atoms with E-state index in [1.807, 2.05) is 32.4 Å². The minimum absolute atomic E-state index is 0.584. The molecule has 0 amide bonds. The Morgan fingerprint density at radius 2 is 1.82 bits per heavy atom. The van der Waals surface area contributed by atoms with Gasteiger partial charge in [-0.2, -0.15) is 0 Å². The highest BCUT2D eigenvalue weighted by molar-refractivity contribution is 6.05. The second-order valence-electron chi connectivity index (χ2n) is 9.20. The van der Waals surface area contributed by atoms with Gasteiger partial charge in [0.1, 0.15) is 17.5 Å². The summed E-state index contributed by atoms with van der Waals surface area (Å²) < 4.78 is 0. The van der Waals surface area contributed by atoms with Crippen LogP contribution >= 0.6 is 0 Å². The van der Waals surface area contributed by atoms with Crippen LogP contribution in [0.3, 0.4) is 0 Å². The van der Waals surface area contributed by atoms with Gasteiger partial charge in [0.05, 0.1) is 19.1 Å². The van der Waals surface area contributed by atoms with Crippen molar-refractivity contribution in [1.82, 2.24) is 20.3 Å². The molecule has 2 aliphatic rings. The number of aromatic nitrogens is 3. The average Bonchev–Trinajstić information content (AvgIpc) is 3.70. The Morgan fingerprint density at radius 1 is 1.13 bits per heavy atom. The number of hydrogen-bond acceptors (Lipinski definition) is 8. The second kappa shape index (κ2) is 16.3. The van der Waals surface area contributed by atoms with Crippen LogP contribution in [-0.2, 0) is 0 Å². The molecule has 0 unspecified atom stereocenters. The fourth-order valence-electron chi connectivity index (χ4n) is 4.77.